The molecule has 3 heterocycles. The van der Waals surface area contributed by atoms with Crippen molar-refractivity contribution in [1.82, 2.24) is 15.0 Å². The molecule has 27 heavy (non-hydrogen) atoms. The smallest absolute Gasteiger partial charge is 0.259 e. The molecule has 0 bridgehead atoms. The number of aliphatic hydroxyl groups is 1. The van der Waals surface area contributed by atoms with Crippen LogP contribution < -0.4 is 9.80 Å². The number of hydrogen-bond donors (Lipinski definition) is 1. The maximum atomic E-state index is 13.0. The second kappa shape index (κ2) is 7.01. The second-order valence-electron chi connectivity index (χ2n) is 6.21. The van der Waals surface area contributed by atoms with Gasteiger partial charge in [-0.1, -0.05) is 0 Å². The second-order valence-corrected chi connectivity index (χ2v) is 7.04. The van der Waals surface area contributed by atoms with Gasteiger partial charge in [-0.2, -0.15) is 0 Å². The molecule has 0 spiro atoms. The van der Waals surface area contributed by atoms with Crippen LogP contribution in [0.5, 0.6) is 0 Å². The minimum atomic E-state index is -0.389. The zero-order chi connectivity index (χ0) is 19.0. The molecule has 0 radical (unpaired) electrons. The minimum Gasteiger partial charge on any atom is -0.389 e. The highest BCUT2D eigenvalue weighted by atomic mass is 32.1. The normalized spacial score (nSPS) is 14.1. The SMILES string of the molecule is CN(C(=O)c1ccc(F)cc1)c1nc(-c2cc(N3CC(O)C3)ncn2)cs1. The molecule has 0 atom stereocenters. The average Bonchev–Trinajstić information content (AvgIpc) is 3.15. The first-order valence-corrected chi connectivity index (χ1v) is 9.14. The van der Waals surface area contributed by atoms with Crippen LogP contribution in [0.15, 0.2) is 42.0 Å². The number of aromatic nitrogens is 3. The lowest BCUT2D eigenvalue weighted by Crippen LogP contribution is -2.51. The van der Waals surface area contributed by atoms with Gasteiger partial charge in [0, 0.05) is 37.1 Å². The molecule has 0 saturated carbocycles. The summed E-state index contributed by atoms with van der Waals surface area (Å²) in [5.74, 6) is 0.0736. The first-order valence-electron chi connectivity index (χ1n) is 8.26. The molecule has 1 amide bonds. The van der Waals surface area contributed by atoms with Gasteiger partial charge in [0.05, 0.1) is 11.8 Å². The predicted molar refractivity (Wildman–Crippen MR) is 100 cm³/mol. The molecule has 7 nitrogen and oxygen atoms in total. The first-order chi connectivity index (χ1) is 13.0. The molecular weight excluding hydrogens is 369 g/mol. The zero-order valence-corrected chi connectivity index (χ0v) is 15.2. The Bertz CT molecular complexity index is 972. The van der Waals surface area contributed by atoms with Crippen molar-refractivity contribution >= 4 is 28.2 Å². The molecule has 1 aliphatic rings. The molecule has 9 heteroatoms. The van der Waals surface area contributed by atoms with E-state index in [4.69, 9.17) is 0 Å². The molecule has 0 unspecified atom stereocenters. The summed E-state index contributed by atoms with van der Waals surface area (Å²) < 4.78 is 13.0. The molecule has 138 valence electrons. The van der Waals surface area contributed by atoms with Crippen molar-refractivity contribution in [3.8, 4) is 11.4 Å². The molecule has 1 saturated heterocycles. The Balaban J connectivity index is 1.53. The van der Waals surface area contributed by atoms with E-state index in [1.807, 2.05) is 16.3 Å². The fourth-order valence-corrected chi connectivity index (χ4v) is 3.49. The Hall–Kier alpha value is -2.91. The maximum Gasteiger partial charge on any atom is 0.259 e. The van der Waals surface area contributed by atoms with E-state index in [0.29, 0.717) is 35.2 Å². The summed E-state index contributed by atoms with van der Waals surface area (Å²) in [4.78, 5) is 28.9. The van der Waals surface area contributed by atoms with Gasteiger partial charge in [-0.3, -0.25) is 9.69 Å². The highest BCUT2D eigenvalue weighted by Crippen LogP contribution is 2.28. The predicted octanol–water partition coefficient (Wildman–Crippen LogP) is 2.20. The summed E-state index contributed by atoms with van der Waals surface area (Å²) in [6, 6.07) is 7.21. The number of benzene rings is 1. The number of aliphatic hydroxyl groups excluding tert-OH is 1. The Morgan fingerprint density at radius 3 is 2.70 bits per heavy atom. The minimum absolute atomic E-state index is 0.270. The third-order valence-electron chi connectivity index (χ3n) is 4.28. The number of hydrogen-bond acceptors (Lipinski definition) is 7. The van der Waals surface area contributed by atoms with Crippen molar-refractivity contribution in [3.05, 3.63) is 53.4 Å². The van der Waals surface area contributed by atoms with Gasteiger partial charge in [-0.25, -0.2) is 19.3 Å². The molecule has 3 aromatic rings. The topological polar surface area (TPSA) is 82.5 Å². The number of carbonyl (C=O) groups is 1. The molecule has 1 aliphatic heterocycles. The van der Waals surface area contributed by atoms with Gasteiger partial charge in [0.15, 0.2) is 5.13 Å². The lowest BCUT2D eigenvalue weighted by atomic mass is 10.1. The van der Waals surface area contributed by atoms with Crippen LogP contribution in [0.4, 0.5) is 15.3 Å². The van der Waals surface area contributed by atoms with Crippen LogP contribution in [-0.4, -0.2) is 52.2 Å². The fraction of sp³-hybridized carbons (Fsp3) is 0.222. The van der Waals surface area contributed by atoms with E-state index in [2.05, 4.69) is 15.0 Å². The van der Waals surface area contributed by atoms with Crippen molar-refractivity contribution < 1.29 is 14.3 Å². The fourth-order valence-electron chi connectivity index (χ4n) is 2.71. The van der Waals surface area contributed by atoms with E-state index < -0.39 is 0 Å². The maximum absolute atomic E-state index is 13.0. The van der Waals surface area contributed by atoms with Crippen molar-refractivity contribution in [1.29, 1.82) is 0 Å². The van der Waals surface area contributed by atoms with Gasteiger partial charge in [0.1, 0.15) is 23.7 Å². The van der Waals surface area contributed by atoms with E-state index in [9.17, 15) is 14.3 Å². The van der Waals surface area contributed by atoms with Gasteiger partial charge in [-0.05, 0) is 24.3 Å². The number of rotatable bonds is 4. The first kappa shape index (κ1) is 17.5. The summed E-state index contributed by atoms with van der Waals surface area (Å²) in [5, 5.41) is 11.8. The zero-order valence-electron chi connectivity index (χ0n) is 14.4. The van der Waals surface area contributed by atoms with E-state index in [1.54, 1.807) is 7.05 Å². The number of carbonyl (C=O) groups excluding carboxylic acids is 1. The summed E-state index contributed by atoms with van der Waals surface area (Å²) in [6.45, 7) is 1.10. The molecule has 1 fully saturated rings. The number of amides is 1. The number of thiazole rings is 1. The lowest BCUT2D eigenvalue weighted by Gasteiger charge is -2.36. The Morgan fingerprint density at radius 1 is 1.26 bits per heavy atom. The van der Waals surface area contributed by atoms with E-state index in [-0.39, 0.29) is 17.8 Å². The van der Waals surface area contributed by atoms with Gasteiger partial charge >= 0.3 is 0 Å². The van der Waals surface area contributed by atoms with E-state index in [1.165, 1.54) is 46.8 Å². The van der Waals surface area contributed by atoms with Crippen LogP contribution >= 0.6 is 11.3 Å². The summed E-state index contributed by atoms with van der Waals surface area (Å²) in [7, 11) is 1.63. The van der Waals surface area contributed by atoms with E-state index in [0.717, 1.165) is 5.82 Å². The largest absolute Gasteiger partial charge is 0.389 e. The Morgan fingerprint density at radius 2 is 2.00 bits per heavy atom. The molecule has 2 aromatic heterocycles. The van der Waals surface area contributed by atoms with Gasteiger partial charge in [0.2, 0.25) is 0 Å². The molecule has 1 N–H and O–H groups in total. The van der Waals surface area contributed by atoms with Crippen LogP contribution in [0, 0.1) is 5.82 Å². The van der Waals surface area contributed by atoms with Gasteiger partial charge < -0.3 is 10.0 Å². The standard InChI is InChI=1S/C18H16FN5O2S/c1-23(17(26)11-2-4-12(19)5-3-11)18-22-15(9-27-18)14-6-16(21-10-20-14)24-7-13(25)8-24/h2-6,9-10,13,25H,7-8H2,1H3. The van der Waals surface area contributed by atoms with Gasteiger partial charge in [-0.15, -0.1) is 11.3 Å². The van der Waals surface area contributed by atoms with Crippen LogP contribution in [0.1, 0.15) is 10.4 Å². The lowest BCUT2D eigenvalue weighted by molar-refractivity contribution is 0.0993. The van der Waals surface area contributed by atoms with Crippen LogP contribution in [0.25, 0.3) is 11.4 Å². The van der Waals surface area contributed by atoms with Crippen molar-refractivity contribution in [3.63, 3.8) is 0 Å². The van der Waals surface area contributed by atoms with Crippen molar-refractivity contribution in [2.24, 2.45) is 0 Å². The Kier molecular flexibility index (Phi) is 4.54. The van der Waals surface area contributed by atoms with Crippen molar-refractivity contribution in [2.45, 2.75) is 6.10 Å². The van der Waals surface area contributed by atoms with Crippen LogP contribution in [-0.2, 0) is 0 Å². The molecule has 4 rings (SSSR count). The molecule has 0 aliphatic carbocycles. The molecular formula is C18H16FN5O2S. The highest BCUT2D eigenvalue weighted by molar-refractivity contribution is 7.14. The van der Waals surface area contributed by atoms with E-state index >= 15 is 0 Å². The summed E-state index contributed by atoms with van der Waals surface area (Å²) in [5.41, 5.74) is 1.67. The third kappa shape index (κ3) is 3.51. The number of halogens is 1. The Labute approximate surface area is 158 Å². The third-order valence-corrected chi connectivity index (χ3v) is 5.19. The highest BCUT2D eigenvalue weighted by Gasteiger charge is 2.26. The molecule has 1 aromatic carbocycles. The quantitative estimate of drug-likeness (QED) is 0.741. The van der Waals surface area contributed by atoms with Gasteiger partial charge in [0.25, 0.3) is 5.91 Å². The van der Waals surface area contributed by atoms with Crippen LogP contribution in [0.2, 0.25) is 0 Å². The number of β-amino-alcohol motifs (C(OH)–C–C–N with tert-alkyl or cyclic N) is 1. The monoisotopic (exact) mass is 385 g/mol. The summed E-state index contributed by atoms with van der Waals surface area (Å²) in [6.07, 6.45) is 1.14. The average molecular weight is 385 g/mol. The summed E-state index contributed by atoms with van der Waals surface area (Å²) >= 11 is 1.32. The number of nitrogens with zero attached hydrogens (tertiary/aromatic N) is 5. The van der Waals surface area contributed by atoms with Crippen molar-refractivity contribution in [2.75, 3.05) is 29.9 Å². The van der Waals surface area contributed by atoms with Crippen LogP contribution in [0.3, 0.4) is 0 Å². The number of anilines is 2.